The molecular weight excluding hydrogens is 442 g/mol. The molecule has 3 aromatic rings. The first kappa shape index (κ1) is 25.5. The van der Waals surface area contributed by atoms with Crippen molar-refractivity contribution in [3.8, 4) is 0 Å². The van der Waals surface area contributed by atoms with Gasteiger partial charge in [-0.1, -0.05) is 91.0 Å². The number of hydrogen-bond acceptors (Lipinski definition) is 4. The van der Waals surface area contributed by atoms with E-state index in [1.165, 1.54) is 0 Å². The van der Waals surface area contributed by atoms with Crippen molar-refractivity contribution < 1.29 is 19.1 Å². The van der Waals surface area contributed by atoms with Gasteiger partial charge in [-0.25, -0.2) is 4.79 Å². The van der Waals surface area contributed by atoms with Gasteiger partial charge in [0, 0.05) is 6.42 Å². The van der Waals surface area contributed by atoms with Crippen LogP contribution in [0.4, 0.5) is 4.79 Å². The van der Waals surface area contributed by atoms with E-state index in [0.29, 0.717) is 12.8 Å². The van der Waals surface area contributed by atoms with Crippen LogP contribution in [0.15, 0.2) is 91.0 Å². The normalized spacial score (nSPS) is 12.2. The number of carbonyl (C=O) groups is 3. The van der Waals surface area contributed by atoms with Gasteiger partial charge in [0.1, 0.15) is 18.7 Å². The molecule has 7 nitrogen and oxygen atoms in total. The van der Waals surface area contributed by atoms with E-state index in [2.05, 4.69) is 10.6 Å². The lowest BCUT2D eigenvalue weighted by atomic mass is 10.0. The highest BCUT2D eigenvalue weighted by atomic mass is 16.5. The summed E-state index contributed by atoms with van der Waals surface area (Å²) in [5.41, 5.74) is 8.40. The zero-order chi connectivity index (χ0) is 24.9. The number of primary amides is 1. The Morgan fingerprint density at radius 1 is 0.714 bits per heavy atom. The first-order chi connectivity index (χ1) is 17.0. The molecular formula is C28H31N3O4. The quantitative estimate of drug-likeness (QED) is 0.374. The van der Waals surface area contributed by atoms with Crippen LogP contribution in [-0.4, -0.2) is 30.0 Å². The minimum Gasteiger partial charge on any atom is -0.445 e. The molecule has 182 valence electrons. The number of nitrogens with two attached hydrogens (primary N) is 1. The van der Waals surface area contributed by atoms with Crippen LogP contribution < -0.4 is 16.4 Å². The van der Waals surface area contributed by atoms with E-state index >= 15 is 0 Å². The predicted octanol–water partition coefficient (Wildman–Crippen LogP) is 3.52. The standard InChI is InChI=1S/C28H31N3O4/c29-26(32)24(18-10-17-21-11-4-1-5-12-21)30-27(33)25(19-22-13-6-2-7-14-22)31-28(34)35-20-23-15-8-3-9-16-23/h1-9,11-16,24-25H,10,17-20H2,(H2,29,32)(H,30,33)(H,31,34)/t24-,25+/m1/s1. The van der Waals surface area contributed by atoms with Gasteiger partial charge in [0.05, 0.1) is 0 Å². The van der Waals surface area contributed by atoms with Gasteiger partial charge in [-0.15, -0.1) is 0 Å². The van der Waals surface area contributed by atoms with E-state index in [1.54, 1.807) is 0 Å². The monoisotopic (exact) mass is 473 g/mol. The fraction of sp³-hybridized carbons (Fsp3) is 0.250. The van der Waals surface area contributed by atoms with Gasteiger partial charge in [-0.05, 0) is 36.0 Å². The third-order valence-corrected chi connectivity index (χ3v) is 5.56. The molecule has 0 aromatic heterocycles. The van der Waals surface area contributed by atoms with Crippen molar-refractivity contribution in [3.63, 3.8) is 0 Å². The summed E-state index contributed by atoms with van der Waals surface area (Å²) in [6, 6.07) is 26.7. The molecule has 3 rings (SSSR count). The highest BCUT2D eigenvalue weighted by Gasteiger charge is 2.26. The Morgan fingerprint density at radius 3 is 1.83 bits per heavy atom. The number of hydrogen-bond donors (Lipinski definition) is 3. The van der Waals surface area contributed by atoms with Crippen molar-refractivity contribution in [2.45, 2.75) is 44.4 Å². The average molecular weight is 474 g/mol. The predicted molar refractivity (Wildman–Crippen MR) is 134 cm³/mol. The summed E-state index contributed by atoms with van der Waals surface area (Å²) in [6.45, 7) is 0.0791. The molecule has 7 heteroatoms. The van der Waals surface area contributed by atoms with E-state index in [0.717, 1.165) is 23.1 Å². The number of benzene rings is 3. The van der Waals surface area contributed by atoms with E-state index in [4.69, 9.17) is 10.5 Å². The van der Waals surface area contributed by atoms with Crippen molar-refractivity contribution in [3.05, 3.63) is 108 Å². The molecule has 0 radical (unpaired) electrons. The van der Waals surface area contributed by atoms with E-state index < -0.39 is 30.0 Å². The SMILES string of the molecule is NC(=O)[C@@H](CCCc1ccccc1)NC(=O)[C@H](Cc1ccccc1)NC(=O)OCc1ccccc1. The number of amides is 3. The van der Waals surface area contributed by atoms with Crippen LogP contribution >= 0.6 is 0 Å². The van der Waals surface area contributed by atoms with Gasteiger partial charge in [0.2, 0.25) is 11.8 Å². The van der Waals surface area contributed by atoms with Crippen LogP contribution in [0.5, 0.6) is 0 Å². The first-order valence-electron chi connectivity index (χ1n) is 11.7. The van der Waals surface area contributed by atoms with Crippen LogP contribution in [0.3, 0.4) is 0 Å². The minimum absolute atomic E-state index is 0.0791. The number of ether oxygens (including phenoxy) is 1. The topological polar surface area (TPSA) is 111 Å². The number of aryl methyl sites for hydroxylation is 1. The minimum atomic E-state index is -0.934. The second-order valence-corrected chi connectivity index (χ2v) is 8.29. The largest absolute Gasteiger partial charge is 0.445 e. The summed E-state index contributed by atoms with van der Waals surface area (Å²) in [5, 5.41) is 5.35. The van der Waals surface area contributed by atoms with Gasteiger partial charge in [-0.2, -0.15) is 0 Å². The van der Waals surface area contributed by atoms with Crippen LogP contribution in [-0.2, 0) is 33.8 Å². The zero-order valence-corrected chi connectivity index (χ0v) is 19.6. The molecule has 0 aliphatic rings. The molecule has 2 atom stereocenters. The highest BCUT2D eigenvalue weighted by Crippen LogP contribution is 2.09. The average Bonchev–Trinajstić information content (AvgIpc) is 2.88. The maximum absolute atomic E-state index is 13.1. The van der Waals surface area contributed by atoms with Crippen molar-refractivity contribution in [1.29, 1.82) is 0 Å². The first-order valence-corrected chi connectivity index (χ1v) is 11.7. The number of nitrogens with one attached hydrogen (secondary N) is 2. The summed E-state index contributed by atoms with van der Waals surface area (Å²) in [6.07, 6.45) is 1.35. The van der Waals surface area contributed by atoms with Crippen LogP contribution in [0.1, 0.15) is 29.5 Å². The molecule has 0 unspecified atom stereocenters. The van der Waals surface area contributed by atoms with E-state index in [1.807, 2.05) is 91.0 Å². The molecule has 0 fully saturated rings. The summed E-state index contributed by atoms with van der Waals surface area (Å²) in [5.74, 6) is -1.11. The zero-order valence-electron chi connectivity index (χ0n) is 19.6. The molecule has 0 saturated carbocycles. The van der Waals surface area contributed by atoms with E-state index in [9.17, 15) is 14.4 Å². The molecule has 3 amide bonds. The van der Waals surface area contributed by atoms with Gasteiger partial charge >= 0.3 is 6.09 Å². The fourth-order valence-electron chi connectivity index (χ4n) is 3.68. The summed E-state index contributed by atoms with van der Waals surface area (Å²) < 4.78 is 5.29. The van der Waals surface area contributed by atoms with Gasteiger partial charge in [0.25, 0.3) is 0 Å². The van der Waals surface area contributed by atoms with Gasteiger partial charge in [-0.3, -0.25) is 9.59 Å². The third kappa shape index (κ3) is 8.97. The van der Waals surface area contributed by atoms with Crippen molar-refractivity contribution in [2.24, 2.45) is 5.73 Å². The smallest absolute Gasteiger partial charge is 0.408 e. The Labute approximate surface area is 205 Å². The number of carbonyl (C=O) groups excluding carboxylic acids is 3. The molecule has 0 aliphatic heterocycles. The Kier molecular flexibility index (Phi) is 9.87. The Hall–Kier alpha value is -4.13. The Morgan fingerprint density at radius 2 is 1.26 bits per heavy atom. The fourth-order valence-corrected chi connectivity index (χ4v) is 3.68. The Balaban J connectivity index is 1.61. The molecule has 0 spiro atoms. The van der Waals surface area contributed by atoms with Gasteiger partial charge in [0.15, 0.2) is 0 Å². The second kappa shape index (κ2) is 13.5. The van der Waals surface area contributed by atoms with Crippen molar-refractivity contribution in [1.82, 2.24) is 10.6 Å². The maximum Gasteiger partial charge on any atom is 0.408 e. The lowest BCUT2D eigenvalue weighted by Crippen LogP contribution is -2.53. The van der Waals surface area contributed by atoms with Crippen LogP contribution in [0.25, 0.3) is 0 Å². The molecule has 0 aliphatic carbocycles. The summed E-state index contributed by atoms with van der Waals surface area (Å²) in [4.78, 5) is 37.6. The van der Waals surface area contributed by atoms with Crippen molar-refractivity contribution >= 4 is 17.9 Å². The van der Waals surface area contributed by atoms with Crippen molar-refractivity contribution in [2.75, 3.05) is 0 Å². The van der Waals surface area contributed by atoms with Gasteiger partial charge < -0.3 is 21.1 Å². The molecule has 0 saturated heterocycles. The lowest BCUT2D eigenvalue weighted by Gasteiger charge is -2.22. The molecule has 0 bridgehead atoms. The highest BCUT2D eigenvalue weighted by molar-refractivity contribution is 5.90. The lowest BCUT2D eigenvalue weighted by molar-refractivity contribution is -0.128. The molecule has 35 heavy (non-hydrogen) atoms. The molecule has 0 heterocycles. The van der Waals surface area contributed by atoms with E-state index in [-0.39, 0.29) is 13.0 Å². The molecule has 4 N–H and O–H groups in total. The summed E-state index contributed by atoms with van der Waals surface area (Å²) >= 11 is 0. The van der Waals surface area contributed by atoms with Crippen LogP contribution in [0, 0.1) is 0 Å². The number of rotatable bonds is 12. The van der Waals surface area contributed by atoms with Crippen LogP contribution in [0.2, 0.25) is 0 Å². The number of alkyl carbamates (subject to hydrolysis) is 1. The summed E-state index contributed by atoms with van der Waals surface area (Å²) in [7, 11) is 0. The molecule has 3 aromatic carbocycles. The maximum atomic E-state index is 13.1. The Bertz CT molecular complexity index is 1080. The third-order valence-electron chi connectivity index (χ3n) is 5.56. The second-order valence-electron chi connectivity index (χ2n) is 8.29.